The molecule has 0 aliphatic carbocycles. The van der Waals surface area contributed by atoms with Gasteiger partial charge in [0.25, 0.3) is 5.91 Å². The average molecular weight is 295 g/mol. The van der Waals surface area contributed by atoms with Crippen LogP contribution in [-0.2, 0) is 9.59 Å². The Morgan fingerprint density at radius 1 is 1.45 bits per heavy atom. The number of hydrogen-bond donors (Lipinski definition) is 0. The first-order valence-electron chi connectivity index (χ1n) is 7.02. The maximum atomic E-state index is 12.5. The SMILES string of the molecule is CCC(C)(C)C(=O)C(=O)N1CCCC1c1nc(C)ns1. The van der Waals surface area contributed by atoms with Crippen molar-refractivity contribution in [2.75, 3.05) is 6.54 Å². The Kier molecular flexibility index (Phi) is 4.22. The van der Waals surface area contributed by atoms with Crippen LogP contribution < -0.4 is 0 Å². The minimum absolute atomic E-state index is 0.0784. The Bertz CT molecular complexity index is 524. The summed E-state index contributed by atoms with van der Waals surface area (Å²) in [5.74, 6) is 0.0600. The highest BCUT2D eigenvalue weighted by atomic mass is 32.1. The number of carbonyl (C=O) groups excluding carboxylic acids is 2. The first kappa shape index (κ1) is 15.1. The number of aryl methyl sites for hydroxylation is 1. The van der Waals surface area contributed by atoms with Crippen molar-refractivity contribution in [1.82, 2.24) is 14.3 Å². The Balaban J connectivity index is 2.19. The van der Waals surface area contributed by atoms with Crippen LogP contribution in [0.15, 0.2) is 0 Å². The number of carbonyl (C=O) groups is 2. The highest BCUT2D eigenvalue weighted by molar-refractivity contribution is 7.05. The van der Waals surface area contributed by atoms with Gasteiger partial charge in [-0.1, -0.05) is 20.8 Å². The molecule has 0 N–H and O–H groups in total. The summed E-state index contributed by atoms with van der Waals surface area (Å²) in [6, 6.07) is -0.0784. The maximum absolute atomic E-state index is 12.5. The number of ketones is 1. The van der Waals surface area contributed by atoms with Crippen molar-refractivity contribution < 1.29 is 9.59 Å². The van der Waals surface area contributed by atoms with Crippen LogP contribution in [0.3, 0.4) is 0 Å². The zero-order valence-corrected chi connectivity index (χ0v) is 13.3. The van der Waals surface area contributed by atoms with E-state index in [2.05, 4.69) is 9.36 Å². The summed E-state index contributed by atoms with van der Waals surface area (Å²) < 4.78 is 4.17. The minimum Gasteiger partial charge on any atom is -0.327 e. The zero-order chi connectivity index (χ0) is 14.9. The van der Waals surface area contributed by atoms with Gasteiger partial charge in [-0.3, -0.25) is 9.59 Å². The quantitative estimate of drug-likeness (QED) is 0.801. The molecule has 6 heteroatoms. The van der Waals surface area contributed by atoms with Crippen LogP contribution in [0.2, 0.25) is 0 Å². The molecule has 1 aliphatic heterocycles. The topological polar surface area (TPSA) is 63.2 Å². The summed E-state index contributed by atoms with van der Waals surface area (Å²) in [5.41, 5.74) is -0.596. The molecule has 2 heterocycles. The molecule has 1 unspecified atom stereocenters. The monoisotopic (exact) mass is 295 g/mol. The van der Waals surface area contributed by atoms with Gasteiger partial charge in [0, 0.05) is 12.0 Å². The first-order chi connectivity index (χ1) is 9.36. The van der Waals surface area contributed by atoms with Crippen LogP contribution in [0.25, 0.3) is 0 Å². The molecular formula is C14H21N3O2S. The van der Waals surface area contributed by atoms with Crippen molar-refractivity contribution in [1.29, 1.82) is 0 Å². The van der Waals surface area contributed by atoms with Crippen molar-refractivity contribution in [3.63, 3.8) is 0 Å². The molecule has 0 saturated carbocycles. The van der Waals surface area contributed by atoms with Gasteiger partial charge in [0.1, 0.15) is 10.8 Å². The normalized spacial score (nSPS) is 19.4. The number of Topliss-reactive ketones (excluding diaryl/α,β-unsaturated/α-hetero) is 1. The second-order valence-corrected chi connectivity index (χ2v) is 6.69. The lowest BCUT2D eigenvalue weighted by molar-refractivity contribution is -0.149. The average Bonchev–Trinajstić information content (AvgIpc) is 3.05. The molecule has 20 heavy (non-hydrogen) atoms. The fourth-order valence-electron chi connectivity index (χ4n) is 2.30. The van der Waals surface area contributed by atoms with Crippen LogP contribution in [-0.4, -0.2) is 32.5 Å². The molecular weight excluding hydrogens is 274 g/mol. The lowest BCUT2D eigenvalue weighted by Gasteiger charge is -2.27. The van der Waals surface area contributed by atoms with Gasteiger partial charge in [-0.2, -0.15) is 4.37 Å². The number of rotatable bonds is 4. The second-order valence-electron chi connectivity index (χ2n) is 5.90. The molecule has 0 aromatic carbocycles. The van der Waals surface area contributed by atoms with E-state index in [0.717, 1.165) is 23.7 Å². The van der Waals surface area contributed by atoms with Crippen LogP contribution in [0, 0.1) is 12.3 Å². The molecule has 1 saturated heterocycles. The Morgan fingerprint density at radius 2 is 2.15 bits per heavy atom. The van der Waals surface area contributed by atoms with E-state index < -0.39 is 5.41 Å². The molecule has 1 amide bonds. The van der Waals surface area contributed by atoms with E-state index in [1.54, 1.807) is 4.90 Å². The van der Waals surface area contributed by atoms with E-state index >= 15 is 0 Å². The fourth-order valence-corrected chi connectivity index (χ4v) is 3.10. The summed E-state index contributed by atoms with van der Waals surface area (Å²) in [7, 11) is 0. The molecule has 1 atom stereocenters. The molecule has 2 rings (SSSR count). The van der Waals surface area contributed by atoms with Crippen LogP contribution in [0.5, 0.6) is 0 Å². The van der Waals surface area contributed by atoms with E-state index in [1.807, 2.05) is 27.7 Å². The number of hydrogen-bond acceptors (Lipinski definition) is 5. The second kappa shape index (κ2) is 5.60. The van der Waals surface area contributed by atoms with Gasteiger partial charge < -0.3 is 4.90 Å². The van der Waals surface area contributed by atoms with Gasteiger partial charge in [-0.25, -0.2) is 4.98 Å². The lowest BCUT2D eigenvalue weighted by Crippen LogP contribution is -2.42. The Morgan fingerprint density at radius 3 is 2.70 bits per heavy atom. The zero-order valence-electron chi connectivity index (χ0n) is 12.5. The number of aromatic nitrogens is 2. The van der Waals surface area contributed by atoms with E-state index in [-0.39, 0.29) is 17.7 Å². The third-order valence-corrected chi connectivity index (χ3v) is 4.94. The fraction of sp³-hybridized carbons (Fsp3) is 0.714. The van der Waals surface area contributed by atoms with Gasteiger partial charge >= 0.3 is 0 Å². The van der Waals surface area contributed by atoms with Crippen molar-refractivity contribution in [3.05, 3.63) is 10.8 Å². The van der Waals surface area contributed by atoms with Crippen LogP contribution >= 0.6 is 11.5 Å². The number of amides is 1. The molecule has 0 bridgehead atoms. The van der Waals surface area contributed by atoms with E-state index in [9.17, 15) is 9.59 Å². The van der Waals surface area contributed by atoms with Crippen LogP contribution in [0.4, 0.5) is 0 Å². The predicted molar refractivity (Wildman–Crippen MR) is 77.4 cm³/mol. The predicted octanol–water partition coefficient (Wildman–Crippen LogP) is 2.52. The standard InChI is InChI=1S/C14H21N3O2S/c1-5-14(3,4)11(18)13(19)17-8-6-7-10(17)12-15-9(2)16-20-12/h10H,5-8H2,1-4H3. The molecule has 1 fully saturated rings. The number of likely N-dealkylation sites (tertiary alicyclic amines) is 1. The molecule has 110 valence electrons. The van der Waals surface area contributed by atoms with E-state index in [4.69, 9.17) is 0 Å². The highest BCUT2D eigenvalue weighted by Crippen LogP contribution is 2.34. The summed E-state index contributed by atoms with van der Waals surface area (Å²) in [6.07, 6.45) is 2.43. The van der Waals surface area contributed by atoms with E-state index in [1.165, 1.54) is 11.5 Å². The largest absolute Gasteiger partial charge is 0.327 e. The van der Waals surface area contributed by atoms with E-state index in [0.29, 0.717) is 13.0 Å². The van der Waals surface area contributed by atoms with Crippen molar-refractivity contribution in [3.8, 4) is 0 Å². The third-order valence-electron chi connectivity index (χ3n) is 4.03. The number of nitrogens with zero attached hydrogens (tertiary/aromatic N) is 3. The summed E-state index contributed by atoms with van der Waals surface area (Å²) in [5, 5.41) is 0.843. The molecule has 1 aromatic rings. The first-order valence-corrected chi connectivity index (χ1v) is 7.79. The smallest absolute Gasteiger partial charge is 0.291 e. The lowest BCUT2D eigenvalue weighted by atomic mass is 9.84. The summed E-state index contributed by atoms with van der Waals surface area (Å²) >= 11 is 1.33. The van der Waals surface area contributed by atoms with Gasteiger partial charge in [-0.05, 0) is 37.7 Å². The van der Waals surface area contributed by atoms with Crippen LogP contribution in [0.1, 0.15) is 56.9 Å². The molecule has 5 nitrogen and oxygen atoms in total. The molecule has 0 spiro atoms. The highest BCUT2D eigenvalue weighted by Gasteiger charge is 2.40. The summed E-state index contributed by atoms with van der Waals surface area (Å²) in [4.78, 5) is 30.9. The molecule has 1 aromatic heterocycles. The van der Waals surface area contributed by atoms with Gasteiger partial charge in [0.05, 0.1) is 6.04 Å². The Hall–Kier alpha value is -1.30. The minimum atomic E-state index is -0.596. The molecule has 0 radical (unpaired) electrons. The summed E-state index contributed by atoms with van der Waals surface area (Å²) in [6.45, 7) is 8.06. The van der Waals surface area contributed by atoms with Crippen molar-refractivity contribution in [2.24, 2.45) is 5.41 Å². The van der Waals surface area contributed by atoms with Gasteiger partial charge in [0.15, 0.2) is 0 Å². The molecule has 1 aliphatic rings. The van der Waals surface area contributed by atoms with Crippen molar-refractivity contribution in [2.45, 2.75) is 53.0 Å². The van der Waals surface area contributed by atoms with Gasteiger partial charge in [-0.15, -0.1) is 0 Å². The maximum Gasteiger partial charge on any atom is 0.291 e. The van der Waals surface area contributed by atoms with Gasteiger partial charge in [0.2, 0.25) is 5.78 Å². The Labute approximate surface area is 123 Å². The third kappa shape index (κ3) is 2.75. The van der Waals surface area contributed by atoms with Crippen molar-refractivity contribution >= 4 is 23.2 Å².